The van der Waals surface area contributed by atoms with Crippen LogP contribution in [-0.4, -0.2) is 16.9 Å². The summed E-state index contributed by atoms with van der Waals surface area (Å²) in [5.74, 6) is 0.163. The molecule has 0 bridgehead atoms. The average molecular weight is 319 g/mol. The van der Waals surface area contributed by atoms with Crippen molar-refractivity contribution < 1.29 is 18.8 Å². The fraction of sp³-hybridized carbons (Fsp3) is 0.389. The first-order valence-electron chi connectivity index (χ1n) is 7.68. The highest BCUT2D eigenvalue weighted by molar-refractivity contribution is 5.72. The van der Waals surface area contributed by atoms with Gasteiger partial charge in [-0.1, -0.05) is 25.1 Å². The van der Waals surface area contributed by atoms with Gasteiger partial charge in [-0.05, 0) is 49.1 Å². The van der Waals surface area contributed by atoms with Crippen LogP contribution in [-0.2, 0) is 4.74 Å². The van der Waals surface area contributed by atoms with Crippen molar-refractivity contribution in [2.24, 2.45) is 0 Å². The second-order valence-electron chi connectivity index (χ2n) is 5.62. The first-order valence-corrected chi connectivity index (χ1v) is 7.68. The number of nitrogens with zero attached hydrogens (tertiary/aromatic N) is 1. The highest BCUT2D eigenvalue weighted by Gasteiger charge is 2.23. The maximum Gasteiger partial charge on any atom is 0.177 e. The summed E-state index contributed by atoms with van der Waals surface area (Å²) >= 11 is 0. The molecule has 23 heavy (non-hydrogen) atoms. The Labute approximate surface area is 135 Å². The van der Waals surface area contributed by atoms with Crippen LogP contribution in [0.15, 0.2) is 35.1 Å². The van der Waals surface area contributed by atoms with Crippen LogP contribution >= 0.6 is 0 Å². The van der Waals surface area contributed by atoms with E-state index in [1.807, 2.05) is 20.8 Å². The summed E-state index contributed by atoms with van der Waals surface area (Å²) in [4.78, 5) is 0. The zero-order valence-corrected chi connectivity index (χ0v) is 13.8. The topological polar surface area (TPSA) is 55.5 Å². The highest BCUT2D eigenvalue weighted by atomic mass is 19.1. The van der Waals surface area contributed by atoms with E-state index in [2.05, 4.69) is 5.16 Å². The lowest BCUT2D eigenvalue weighted by molar-refractivity contribution is 0.177. The van der Waals surface area contributed by atoms with Crippen molar-refractivity contribution >= 4 is 0 Å². The lowest BCUT2D eigenvalue weighted by atomic mass is 9.90. The average Bonchev–Trinajstić information content (AvgIpc) is 2.89. The fourth-order valence-electron chi connectivity index (χ4n) is 2.47. The molecule has 0 radical (unpaired) electrons. The van der Waals surface area contributed by atoms with Crippen LogP contribution in [0.5, 0.6) is 0 Å². The van der Waals surface area contributed by atoms with E-state index in [9.17, 15) is 9.50 Å². The number of aliphatic hydroxyl groups is 1. The number of hydrogen-bond acceptors (Lipinski definition) is 4. The number of halogens is 1. The molecule has 5 heteroatoms. The first kappa shape index (κ1) is 17.2. The second-order valence-corrected chi connectivity index (χ2v) is 5.62. The summed E-state index contributed by atoms with van der Waals surface area (Å²) in [5.41, 5.74) is 3.01. The third-order valence-corrected chi connectivity index (χ3v) is 3.59. The fourth-order valence-corrected chi connectivity index (χ4v) is 2.47. The molecule has 0 saturated heterocycles. The third kappa shape index (κ3) is 3.79. The predicted molar refractivity (Wildman–Crippen MR) is 86.4 cm³/mol. The number of aliphatic hydroxyl groups excluding tert-OH is 1. The number of rotatable bonds is 6. The van der Waals surface area contributed by atoms with Crippen molar-refractivity contribution in [3.63, 3.8) is 0 Å². The van der Waals surface area contributed by atoms with Gasteiger partial charge in [-0.3, -0.25) is 0 Å². The van der Waals surface area contributed by atoms with Crippen LogP contribution in [0.3, 0.4) is 0 Å². The molecule has 4 nitrogen and oxygen atoms in total. The standard InChI is InChI=1S/C18H22FNO3/c1-5-22-9-8-16(21)18-17(12(4)20-23-18)14-7-6-13(19)10-15(14)11(2)3/h6-11,16,21H,5H2,1-4H3. The van der Waals surface area contributed by atoms with E-state index in [0.29, 0.717) is 23.6 Å². The van der Waals surface area contributed by atoms with Gasteiger partial charge in [-0.2, -0.15) is 0 Å². The molecular formula is C18H22FNO3. The monoisotopic (exact) mass is 319 g/mol. The zero-order chi connectivity index (χ0) is 17.0. The molecule has 1 atom stereocenters. The van der Waals surface area contributed by atoms with Gasteiger partial charge in [-0.25, -0.2) is 4.39 Å². The van der Waals surface area contributed by atoms with Crippen molar-refractivity contribution in [3.05, 3.63) is 53.4 Å². The van der Waals surface area contributed by atoms with Gasteiger partial charge in [0.25, 0.3) is 0 Å². The second kappa shape index (κ2) is 7.42. The number of hydrogen-bond donors (Lipinski definition) is 1. The Morgan fingerprint density at radius 1 is 1.39 bits per heavy atom. The van der Waals surface area contributed by atoms with Crippen LogP contribution < -0.4 is 0 Å². The number of benzene rings is 1. The van der Waals surface area contributed by atoms with Gasteiger partial charge in [0.05, 0.1) is 24.1 Å². The van der Waals surface area contributed by atoms with E-state index in [1.54, 1.807) is 13.0 Å². The Kier molecular flexibility index (Phi) is 5.55. The van der Waals surface area contributed by atoms with Crippen LogP contribution in [0.2, 0.25) is 0 Å². The molecule has 0 fully saturated rings. The van der Waals surface area contributed by atoms with Gasteiger partial charge in [0.2, 0.25) is 0 Å². The molecule has 1 unspecified atom stereocenters. The SMILES string of the molecule is CCOC=CC(O)c1onc(C)c1-c1ccc(F)cc1C(C)C. The molecule has 0 amide bonds. The molecule has 124 valence electrons. The van der Waals surface area contributed by atoms with Crippen LogP contribution in [0.4, 0.5) is 4.39 Å². The van der Waals surface area contributed by atoms with E-state index >= 15 is 0 Å². The highest BCUT2D eigenvalue weighted by Crippen LogP contribution is 2.37. The summed E-state index contributed by atoms with van der Waals surface area (Å²) in [6.07, 6.45) is 1.94. The van der Waals surface area contributed by atoms with Crippen molar-refractivity contribution in [3.8, 4) is 11.1 Å². The molecule has 2 aromatic rings. The van der Waals surface area contributed by atoms with Crippen LogP contribution in [0.1, 0.15) is 49.8 Å². The largest absolute Gasteiger partial charge is 0.502 e. The minimum absolute atomic E-state index is 0.124. The zero-order valence-electron chi connectivity index (χ0n) is 13.8. The van der Waals surface area contributed by atoms with Crippen molar-refractivity contribution in [1.29, 1.82) is 0 Å². The normalized spacial score (nSPS) is 13.0. The van der Waals surface area contributed by atoms with Crippen molar-refractivity contribution in [1.82, 2.24) is 5.16 Å². The number of aromatic nitrogens is 1. The van der Waals surface area contributed by atoms with Crippen LogP contribution in [0, 0.1) is 12.7 Å². The molecule has 0 aliphatic heterocycles. The first-order chi connectivity index (χ1) is 11.0. The summed E-state index contributed by atoms with van der Waals surface area (Å²) in [6, 6.07) is 4.62. The molecule has 0 aliphatic rings. The Balaban J connectivity index is 2.51. The molecular weight excluding hydrogens is 297 g/mol. The minimum Gasteiger partial charge on any atom is -0.502 e. The number of aryl methyl sites for hydroxylation is 1. The number of ether oxygens (including phenoxy) is 1. The molecule has 0 spiro atoms. The summed E-state index contributed by atoms with van der Waals surface area (Å²) in [7, 11) is 0. The third-order valence-electron chi connectivity index (χ3n) is 3.59. The Bertz CT molecular complexity index is 692. The van der Waals surface area contributed by atoms with Crippen molar-refractivity contribution in [2.45, 2.75) is 39.7 Å². The molecule has 1 aromatic carbocycles. The molecule has 1 aromatic heterocycles. The van der Waals surface area contributed by atoms with E-state index in [4.69, 9.17) is 9.26 Å². The molecule has 0 saturated carbocycles. The molecule has 0 aliphatic carbocycles. The van der Waals surface area contributed by atoms with Gasteiger partial charge >= 0.3 is 0 Å². The Morgan fingerprint density at radius 3 is 2.78 bits per heavy atom. The Morgan fingerprint density at radius 2 is 2.13 bits per heavy atom. The lowest BCUT2D eigenvalue weighted by Crippen LogP contribution is -1.99. The maximum atomic E-state index is 13.6. The van der Waals surface area contributed by atoms with Gasteiger partial charge in [-0.15, -0.1) is 0 Å². The summed E-state index contributed by atoms with van der Waals surface area (Å²) < 4.78 is 24.0. The van der Waals surface area contributed by atoms with E-state index < -0.39 is 6.10 Å². The minimum atomic E-state index is -0.984. The summed E-state index contributed by atoms with van der Waals surface area (Å²) in [5, 5.41) is 14.3. The van der Waals surface area contributed by atoms with Crippen LogP contribution in [0.25, 0.3) is 11.1 Å². The van der Waals surface area contributed by atoms with E-state index in [-0.39, 0.29) is 11.7 Å². The van der Waals surface area contributed by atoms with E-state index in [0.717, 1.165) is 11.1 Å². The molecule has 1 N–H and O–H groups in total. The van der Waals surface area contributed by atoms with Crippen molar-refractivity contribution in [2.75, 3.05) is 6.61 Å². The van der Waals surface area contributed by atoms with Gasteiger partial charge in [0.1, 0.15) is 11.9 Å². The van der Waals surface area contributed by atoms with Gasteiger partial charge < -0.3 is 14.4 Å². The molecule has 1 heterocycles. The maximum absolute atomic E-state index is 13.6. The van der Waals surface area contributed by atoms with E-state index in [1.165, 1.54) is 24.5 Å². The smallest absolute Gasteiger partial charge is 0.177 e. The quantitative estimate of drug-likeness (QED) is 0.797. The lowest BCUT2D eigenvalue weighted by Gasteiger charge is -2.14. The summed E-state index contributed by atoms with van der Waals surface area (Å²) in [6.45, 7) is 8.16. The molecule has 2 rings (SSSR count). The predicted octanol–water partition coefficient (Wildman–Crippen LogP) is 4.50. The van der Waals surface area contributed by atoms with Gasteiger partial charge in [0, 0.05) is 0 Å². The Hall–Kier alpha value is -2.14. The van der Waals surface area contributed by atoms with Gasteiger partial charge in [0.15, 0.2) is 5.76 Å².